The third-order valence-electron chi connectivity index (χ3n) is 4.45. The van der Waals surface area contributed by atoms with Crippen LogP contribution in [0.3, 0.4) is 0 Å². The molecule has 0 fully saturated rings. The number of ether oxygens (including phenoxy) is 1. The second-order valence-electron chi connectivity index (χ2n) is 7.06. The number of esters is 1. The van der Waals surface area contributed by atoms with Gasteiger partial charge in [0, 0.05) is 6.54 Å². The van der Waals surface area contributed by atoms with E-state index in [-0.39, 0.29) is 17.3 Å². The number of sulfonamides is 1. The first kappa shape index (κ1) is 24.6. The Hall–Kier alpha value is -3.09. The van der Waals surface area contributed by atoms with Gasteiger partial charge in [-0.3, -0.25) is 9.59 Å². The van der Waals surface area contributed by atoms with E-state index in [2.05, 4.69) is 14.9 Å². The number of hydrogen-bond acceptors (Lipinski definition) is 9. The summed E-state index contributed by atoms with van der Waals surface area (Å²) in [6, 6.07) is 10.2. The van der Waals surface area contributed by atoms with Crippen molar-refractivity contribution in [2.75, 3.05) is 13.2 Å². The Balaban J connectivity index is 1.55. The van der Waals surface area contributed by atoms with Gasteiger partial charge < -0.3 is 14.1 Å². The van der Waals surface area contributed by atoms with E-state index >= 15 is 0 Å². The van der Waals surface area contributed by atoms with E-state index in [9.17, 15) is 18.0 Å². The van der Waals surface area contributed by atoms with Gasteiger partial charge in [0.15, 0.2) is 6.61 Å². The second-order valence-corrected chi connectivity index (χ2v) is 9.72. The number of thiophene rings is 1. The van der Waals surface area contributed by atoms with Crippen molar-refractivity contribution in [2.45, 2.75) is 37.8 Å². The number of amides is 1. The lowest BCUT2D eigenvalue weighted by Crippen LogP contribution is -2.41. The van der Waals surface area contributed by atoms with E-state index < -0.39 is 34.5 Å². The SMILES string of the molecule is CCCN(Cc1nnc(-c2cccs2)o1)C(=O)COC(=O)[C@H](C)NS(=O)(=O)c1ccccc1. The molecule has 3 aromatic rings. The van der Waals surface area contributed by atoms with Crippen molar-refractivity contribution in [2.24, 2.45) is 0 Å². The Morgan fingerprint density at radius 2 is 1.94 bits per heavy atom. The highest BCUT2D eigenvalue weighted by Gasteiger charge is 2.25. The molecule has 0 saturated carbocycles. The zero-order valence-corrected chi connectivity index (χ0v) is 19.8. The van der Waals surface area contributed by atoms with Crippen LogP contribution in [0.2, 0.25) is 0 Å². The van der Waals surface area contributed by atoms with Crippen molar-refractivity contribution in [1.29, 1.82) is 0 Å². The van der Waals surface area contributed by atoms with Crippen LogP contribution in [0.4, 0.5) is 0 Å². The minimum Gasteiger partial charge on any atom is -0.454 e. The van der Waals surface area contributed by atoms with Gasteiger partial charge in [0.05, 0.1) is 16.3 Å². The first-order chi connectivity index (χ1) is 15.8. The number of carbonyl (C=O) groups excluding carboxylic acids is 2. The number of nitrogens with zero attached hydrogens (tertiary/aromatic N) is 3. The standard InChI is InChI=1S/C21H24N4O6S2/c1-3-11-25(13-18-22-23-20(31-18)17-10-7-12-32-17)19(26)14-30-21(27)15(2)24-33(28,29)16-8-5-4-6-9-16/h4-10,12,15,24H,3,11,13-14H2,1-2H3/t15-/m0/s1. The summed E-state index contributed by atoms with van der Waals surface area (Å²) in [4.78, 5) is 27.2. The maximum atomic E-state index is 12.6. The quantitative estimate of drug-likeness (QED) is 0.404. The number of hydrogen-bond donors (Lipinski definition) is 1. The summed E-state index contributed by atoms with van der Waals surface area (Å²) in [5, 5.41) is 9.86. The molecule has 0 saturated heterocycles. The van der Waals surface area contributed by atoms with Crippen LogP contribution >= 0.6 is 11.3 Å². The fourth-order valence-corrected chi connectivity index (χ4v) is 4.70. The van der Waals surface area contributed by atoms with Gasteiger partial charge >= 0.3 is 5.97 Å². The molecule has 1 N–H and O–H groups in total. The van der Waals surface area contributed by atoms with E-state index in [0.29, 0.717) is 18.9 Å². The van der Waals surface area contributed by atoms with Crippen LogP contribution in [0.15, 0.2) is 57.2 Å². The van der Waals surface area contributed by atoms with Gasteiger partial charge in [-0.15, -0.1) is 21.5 Å². The molecule has 0 radical (unpaired) electrons. The molecule has 2 aromatic heterocycles. The summed E-state index contributed by atoms with van der Waals surface area (Å²) in [5.41, 5.74) is 0. The maximum absolute atomic E-state index is 12.6. The summed E-state index contributed by atoms with van der Waals surface area (Å²) in [7, 11) is -3.90. The molecular formula is C21H24N4O6S2. The molecule has 0 aliphatic heterocycles. The van der Waals surface area contributed by atoms with Crippen molar-refractivity contribution < 1.29 is 27.2 Å². The summed E-state index contributed by atoms with van der Waals surface area (Å²) < 4.78 is 37.6. The lowest BCUT2D eigenvalue weighted by atomic mass is 10.3. The van der Waals surface area contributed by atoms with E-state index in [1.54, 1.807) is 18.2 Å². The molecule has 12 heteroatoms. The molecule has 3 rings (SSSR count). The molecular weight excluding hydrogens is 468 g/mol. The largest absolute Gasteiger partial charge is 0.454 e. The monoisotopic (exact) mass is 492 g/mol. The number of carbonyl (C=O) groups is 2. The summed E-state index contributed by atoms with van der Waals surface area (Å²) in [6.07, 6.45) is 0.666. The molecule has 176 valence electrons. The summed E-state index contributed by atoms with van der Waals surface area (Å²) in [6.45, 7) is 3.17. The van der Waals surface area contributed by atoms with E-state index in [0.717, 1.165) is 4.88 Å². The summed E-state index contributed by atoms with van der Waals surface area (Å²) in [5.74, 6) is -0.693. The lowest BCUT2D eigenvalue weighted by Gasteiger charge is -2.20. The second kappa shape index (κ2) is 11.2. The highest BCUT2D eigenvalue weighted by molar-refractivity contribution is 7.89. The van der Waals surface area contributed by atoms with Crippen molar-refractivity contribution in [3.05, 3.63) is 53.7 Å². The molecule has 1 amide bonds. The Morgan fingerprint density at radius 3 is 2.61 bits per heavy atom. The van der Waals surface area contributed by atoms with Crippen LogP contribution in [-0.4, -0.2) is 54.6 Å². The van der Waals surface area contributed by atoms with Crippen LogP contribution in [0, 0.1) is 0 Å². The van der Waals surface area contributed by atoms with Crippen LogP contribution < -0.4 is 4.72 Å². The van der Waals surface area contributed by atoms with Gasteiger partial charge in [0.1, 0.15) is 6.04 Å². The topological polar surface area (TPSA) is 132 Å². The number of rotatable bonds is 11. The fourth-order valence-electron chi connectivity index (χ4n) is 2.84. The highest BCUT2D eigenvalue weighted by Crippen LogP contribution is 2.23. The average molecular weight is 493 g/mol. The Morgan fingerprint density at radius 1 is 1.18 bits per heavy atom. The zero-order valence-electron chi connectivity index (χ0n) is 18.1. The predicted octanol–water partition coefficient (Wildman–Crippen LogP) is 2.45. The van der Waals surface area contributed by atoms with Gasteiger partial charge in [-0.2, -0.15) is 4.72 Å². The van der Waals surface area contributed by atoms with Gasteiger partial charge in [-0.1, -0.05) is 31.2 Å². The van der Waals surface area contributed by atoms with Crippen LogP contribution in [0.1, 0.15) is 26.2 Å². The third-order valence-corrected chi connectivity index (χ3v) is 6.86. The van der Waals surface area contributed by atoms with Crippen LogP contribution in [-0.2, 0) is 30.9 Å². The van der Waals surface area contributed by atoms with Crippen molar-refractivity contribution in [1.82, 2.24) is 19.8 Å². The number of aromatic nitrogens is 2. The third kappa shape index (κ3) is 6.70. The summed E-state index contributed by atoms with van der Waals surface area (Å²) >= 11 is 1.46. The van der Waals surface area contributed by atoms with Gasteiger partial charge in [-0.05, 0) is 36.9 Å². The van der Waals surface area contributed by atoms with Gasteiger partial charge in [-0.25, -0.2) is 8.42 Å². The predicted molar refractivity (Wildman–Crippen MR) is 121 cm³/mol. The Labute approximate surface area is 195 Å². The average Bonchev–Trinajstić information content (AvgIpc) is 3.49. The molecule has 0 unspecified atom stereocenters. The van der Waals surface area contributed by atoms with E-state index in [4.69, 9.17) is 9.15 Å². The maximum Gasteiger partial charge on any atom is 0.324 e. The molecule has 2 heterocycles. The van der Waals surface area contributed by atoms with Crippen LogP contribution in [0.5, 0.6) is 0 Å². The van der Waals surface area contributed by atoms with Crippen molar-refractivity contribution in [3.8, 4) is 10.8 Å². The van der Waals surface area contributed by atoms with Crippen molar-refractivity contribution >= 4 is 33.2 Å². The van der Waals surface area contributed by atoms with E-state index in [1.165, 1.54) is 35.3 Å². The molecule has 1 atom stereocenters. The number of benzene rings is 1. The smallest absolute Gasteiger partial charge is 0.324 e. The first-order valence-electron chi connectivity index (χ1n) is 10.2. The van der Waals surface area contributed by atoms with E-state index in [1.807, 2.05) is 24.4 Å². The molecule has 0 spiro atoms. The molecule has 0 aliphatic rings. The van der Waals surface area contributed by atoms with Crippen molar-refractivity contribution in [3.63, 3.8) is 0 Å². The minimum atomic E-state index is -3.90. The molecule has 10 nitrogen and oxygen atoms in total. The normalized spacial score (nSPS) is 12.3. The van der Waals surface area contributed by atoms with Gasteiger partial charge in [0.25, 0.3) is 11.8 Å². The molecule has 1 aromatic carbocycles. The van der Waals surface area contributed by atoms with Crippen LogP contribution in [0.25, 0.3) is 10.8 Å². The van der Waals surface area contributed by atoms with Gasteiger partial charge in [0.2, 0.25) is 15.9 Å². The zero-order chi connectivity index (χ0) is 23.8. The molecule has 0 aliphatic carbocycles. The first-order valence-corrected chi connectivity index (χ1v) is 12.5. The highest BCUT2D eigenvalue weighted by atomic mass is 32.2. The molecule has 33 heavy (non-hydrogen) atoms. The Kier molecular flexibility index (Phi) is 8.31. The minimum absolute atomic E-state index is 0.0244. The molecule has 0 bridgehead atoms. The fraction of sp³-hybridized carbons (Fsp3) is 0.333. The number of nitrogens with one attached hydrogen (secondary N) is 1. The lowest BCUT2D eigenvalue weighted by molar-refractivity contribution is -0.153. The Bertz CT molecular complexity index is 1160.